The lowest BCUT2D eigenvalue weighted by molar-refractivity contribution is 0.0950. The molecule has 0 aliphatic carbocycles. The van der Waals surface area contributed by atoms with Gasteiger partial charge in [0, 0.05) is 17.7 Å². The molecule has 3 nitrogen and oxygen atoms in total. The summed E-state index contributed by atoms with van der Waals surface area (Å²) >= 11 is 0. The molecule has 0 atom stereocenters. The molecule has 126 valence electrons. The zero-order valence-electron chi connectivity index (χ0n) is 13.8. The second kappa shape index (κ2) is 7.62. The number of nitrogens with one attached hydrogen (secondary N) is 1. The molecule has 0 spiro atoms. The van der Waals surface area contributed by atoms with Crippen molar-refractivity contribution in [1.82, 2.24) is 5.32 Å². The van der Waals surface area contributed by atoms with Crippen LogP contribution in [0.4, 0.5) is 4.39 Å². The van der Waals surface area contributed by atoms with Crippen molar-refractivity contribution in [2.75, 3.05) is 7.11 Å². The second-order valence-corrected chi connectivity index (χ2v) is 5.59. The minimum absolute atomic E-state index is 0.234. The van der Waals surface area contributed by atoms with Crippen molar-refractivity contribution in [3.8, 4) is 16.9 Å². The van der Waals surface area contributed by atoms with Crippen LogP contribution in [0.25, 0.3) is 11.1 Å². The molecule has 0 aliphatic heterocycles. The Hall–Kier alpha value is -3.14. The van der Waals surface area contributed by atoms with Gasteiger partial charge in [-0.25, -0.2) is 4.39 Å². The molecule has 3 aromatic rings. The number of carbonyl (C=O) groups is 1. The van der Waals surface area contributed by atoms with Crippen LogP contribution in [0.2, 0.25) is 0 Å². The molecular weight excluding hydrogens is 317 g/mol. The van der Waals surface area contributed by atoms with Crippen LogP contribution in [0.3, 0.4) is 0 Å². The van der Waals surface area contributed by atoms with E-state index in [1.165, 1.54) is 12.1 Å². The number of amides is 1. The Labute approximate surface area is 146 Å². The zero-order chi connectivity index (χ0) is 17.6. The van der Waals surface area contributed by atoms with Gasteiger partial charge in [-0.3, -0.25) is 4.79 Å². The highest BCUT2D eigenvalue weighted by Crippen LogP contribution is 2.30. The Bertz CT molecular complexity index is 878. The van der Waals surface area contributed by atoms with Crippen molar-refractivity contribution in [3.63, 3.8) is 0 Å². The number of hydrogen-bond acceptors (Lipinski definition) is 2. The fourth-order valence-electron chi connectivity index (χ4n) is 2.62. The number of hydrogen-bond donors (Lipinski definition) is 1. The number of ether oxygens (including phenoxy) is 1. The first-order valence-electron chi connectivity index (χ1n) is 7.93. The van der Waals surface area contributed by atoms with Gasteiger partial charge in [-0.1, -0.05) is 42.5 Å². The summed E-state index contributed by atoms with van der Waals surface area (Å²) in [6.45, 7) is 0.263. The topological polar surface area (TPSA) is 38.3 Å². The number of carbonyl (C=O) groups excluding carboxylic acids is 1. The fraction of sp³-hybridized carbons (Fsp3) is 0.0952. The van der Waals surface area contributed by atoms with E-state index in [0.717, 1.165) is 11.1 Å². The van der Waals surface area contributed by atoms with Gasteiger partial charge < -0.3 is 10.1 Å². The molecule has 3 aromatic carbocycles. The Kier molecular flexibility index (Phi) is 5.09. The van der Waals surface area contributed by atoms with Gasteiger partial charge in [-0.15, -0.1) is 0 Å². The van der Waals surface area contributed by atoms with E-state index in [1.807, 2.05) is 36.4 Å². The third kappa shape index (κ3) is 4.04. The van der Waals surface area contributed by atoms with Crippen molar-refractivity contribution in [3.05, 3.63) is 89.7 Å². The van der Waals surface area contributed by atoms with E-state index in [4.69, 9.17) is 4.74 Å². The van der Waals surface area contributed by atoms with Crippen LogP contribution >= 0.6 is 0 Å². The van der Waals surface area contributed by atoms with Gasteiger partial charge in [0.1, 0.15) is 11.6 Å². The molecule has 0 aromatic heterocycles. The SMILES string of the molecule is COc1cc(C(=O)NCc2cccc(F)c2)ccc1-c1ccccc1. The second-order valence-electron chi connectivity index (χ2n) is 5.59. The molecule has 1 amide bonds. The predicted molar refractivity (Wildman–Crippen MR) is 96.0 cm³/mol. The van der Waals surface area contributed by atoms with Crippen LogP contribution in [0.15, 0.2) is 72.8 Å². The van der Waals surface area contributed by atoms with E-state index >= 15 is 0 Å². The van der Waals surface area contributed by atoms with Crippen LogP contribution < -0.4 is 10.1 Å². The smallest absolute Gasteiger partial charge is 0.251 e. The molecule has 1 N–H and O–H groups in total. The van der Waals surface area contributed by atoms with Gasteiger partial charge in [0.15, 0.2) is 0 Å². The average Bonchev–Trinajstić information content (AvgIpc) is 2.66. The van der Waals surface area contributed by atoms with Gasteiger partial charge in [0.2, 0.25) is 0 Å². The molecule has 25 heavy (non-hydrogen) atoms. The van der Waals surface area contributed by atoms with Gasteiger partial charge in [0.25, 0.3) is 5.91 Å². The van der Waals surface area contributed by atoms with Crippen molar-refractivity contribution in [2.45, 2.75) is 6.54 Å². The molecule has 0 aliphatic rings. The van der Waals surface area contributed by atoms with Gasteiger partial charge in [-0.05, 0) is 41.5 Å². The summed E-state index contributed by atoms with van der Waals surface area (Å²) in [7, 11) is 1.58. The first kappa shape index (κ1) is 16.7. The van der Waals surface area contributed by atoms with Gasteiger partial charge in [-0.2, -0.15) is 0 Å². The van der Waals surface area contributed by atoms with Crippen molar-refractivity contribution in [2.24, 2.45) is 0 Å². The molecule has 0 fully saturated rings. The van der Waals surface area contributed by atoms with E-state index < -0.39 is 0 Å². The first-order chi connectivity index (χ1) is 12.2. The molecular formula is C21H18FNO2. The lowest BCUT2D eigenvalue weighted by Gasteiger charge is -2.11. The molecule has 0 heterocycles. The van der Waals surface area contributed by atoms with Gasteiger partial charge in [0.05, 0.1) is 7.11 Å². The molecule has 0 unspecified atom stereocenters. The monoisotopic (exact) mass is 335 g/mol. The Morgan fingerprint density at radius 2 is 1.80 bits per heavy atom. The van der Waals surface area contributed by atoms with Crippen molar-refractivity contribution < 1.29 is 13.9 Å². The Morgan fingerprint density at radius 3 is 2.52 bits per heavy atom. The molecule has 3 rings (SSSR count). The molecule has 0 saturated heterocycles. The van der Waals surface area contributed by atoms with E-state index in [2.05, 4.69) is 5.32 Å². The van der Waals surface area contributed by atoms with Crippen LogP contribution in [-0.2, 0) is 6.54 Å². The number of rotatable bonds is 5. The highest BCUT2D eigenvalue weighted by molar-refractivity contribution is 5.95. The van der Waals surface area contributed by atoms with Crippen LogP contribution in [-0.4, -0.2) is 13.0 Å². The lowest BCUT2D eigenvalue weighted by atomic mass is 10.0. The minimum atomic E-state index is -0.319. The summed E-state index contributed by atoms with van der Waals surface area (Å²) < 4.78 is 18.6. The van der Waals surface area contributed by atoms with Crippen LogP contribution in [0.1, 0.15) is 15.9 Å². The lowest BCUT2D eigenvalue weighted by Crippen LogP contribution is -2.22. The first-order valence-corrected chi connectivity index (χ1v) is 7.93. The van der Waals surface area contributed by atoms with Crippen molar-refractivity contribution in [1.29, 1.82) is 0 Å². The summed E-state index contributed by atoms with van der Waals surface area (Å²) in [4.78, 5) is 12.4. The molecule has 0 saturated carbocycles. The normalized spacial score (nSPS) is 10.3. The Balaban J connectivity index is 1.77. The van der Waals surface area contributed by atoms with Crippen LogP contribution in [0.5, 0.6) is 5.75 Å². The molecule has 4 heteroatoms. The quantitative estimate of drug-likeness (QED) is 0.749. The van der Waals surface area contributed by atoms with E-state index in [0.29, 0.717) is 16.9 Å². The van der Waals surface area contributed by atoms with E-state index in [-0.39, 0.29) is 18.3 Å². The maximum Gasteiger partial charge on any atom is 0.251 e. The largest absolute Gasteiger partial charge is 0.496 e. The Morgan fingerprint density at radius 1 is 1.00 bits per heavy atom. The van der Waals surface area contributed by atoms with Crippen molar-refractivity contribution >= 4 is 5.91 Å². The maximum absolute atomic E-state index is 13.2. The average molecular weight is 335 g/mol. The third-order valence-electron chi connectivity index (χ3n) is 3.89. The summed E-state index contributed by atoms with van der Waals surface area (Å²) in [5.41, 5.74) is 3.14. The third-order valence-corrected chi connectivity index (χ3v) is 3.89. The van der Waals surface area contributed by atoms with Crippen LogP contribution in [0, 0.1) is 5.82 Å². The number of benzene rings is 3. The molecule has 0 radical (unpaired) electrons. The summed E-state index contributed by atoms with van der Waals surface area (Å²) in [5, 5.41) is 2.79. The van der Waals surface area contributed by atoms with Gasteiger partial charge >= 0.3 is 0 Å². The minimum Gasteiger partial charge on any atom is -0.496 e. The maximum atomic E-state index is 13.2. The summed E-state index contributed by atoms with van der Waals surface area (Å²) in [6.07, 6.45) is 0. The summed E-state index contributed by atoms with van der Waals surface area (Å²) in [6, 6.07) is 21.3. The number of methoxy groups -OCH3 is 1. The van der Waals surface area contributed by atoms with E-state index in [1.54, 1.807) is 31.4 Å². The highest BCUT2D eigenvalue weighted by Gasteiger charge is 2.11. The van der Waals surface area contributed by atoms with E-state index in [9.17, 15) is 9.18 Å². The number of halogens is 1. The highest BCUT2D eigenvalue weighted by atomic mass is 19.1. The fourth-order valence-corrected chi connectivity index (χ4v) is 2.62. The predicted octanol–water partition coefficient (Wildman–Crippen LogP) is 4.43. The summed E-state index contributed by atoms with van der Waals surface area (Å²) in [5.74, 6) is 0.0763. The zero-order valence-corrected chi connectivity index (χ0v) is 13.8. The molecule has 0 bridgehead atoms. The standard InChI is InChI=1S/C21H18FNO2/c1-25-20-13-17(10-11-19(20)16-7-3-2-4-8-16)21(24)23-14-15-6-5-9-18(22)12-15/h2-13H,14H2,1H3,(H,23,24).